The molecule has 0 atom stereocenters. The van der Waals surface area contributed by atoms with E-state index in [9.17, 15) is 14.4 Å². The van der Waals surface area contributed by atoms with E-state index in [0.29, 0.717) is 26.2 Å². The topological polar surface area (TPSA) is 57.7 Å². The summed E-state index contributed by atoms with van der Waals surface area (Å²) in [7, 11) is 0. The number of carbonyl (C=O) groups excluding carboxylic acids is 3. The summed E-state index contributed by atoms with van der Waals surface area (Å²) in [6.07, 6.45) is 2.90. The van der Waals surface area contributed by atoms with Crippen molar-refractivity contribution in [1.29, 1.82) is 0 Å². The summed E-state index contributed by atoms with van der Waals surface area (Å²) in [5.41, 5.74) is 0.764. The van der Waals surface area contributed by atoms with Gasteiger partial charge in [-0.2, -0.15) is 0 Å². The molecule has 152 valence electrons. The molecule has 4 rings (SSSR count). The van der Waals surface area contributed by atoms with Crippen LogP contribution in [0.3, 0.4) is 0 Å². The average Bonchev–Trinajstić information content (AvgIpc) is 3.33. The van der Waals surface area contributed by atoms with Gasteiger partial charge in [-0.15, -0.1) is 11.3 Å². The number of piperidine rings is 2. The maximum absolute atomic E-state index is 12.9. The number of rotatable bonds is 4. The van der Waals surface area contributed by atoms with E-state index < -0.39 is 0 Å². The molecule has 0 N–H and O–H groups in total. The van der Waals surface area contributed by atoms with Crippen molar-refractivity contribution in [3.05, 3.63) is 58.3 Å². The molecule has 0 aliphatic carbocycles. The zero-order valence-corrected chi connectivity index (χ0v) is 17.3. The van der Waals surface area contributed by atoms with E-state index in [-0.39, 0.29) is 29.4 Å². The molecule has 1 aromatic carbocycles. The van der Waals surface area contributed by atoms with E-state index in [2.05, 4.69) is 0 Å². The summed E-state index contributed by atoms with van der Waals surface area (Å²) in [6, 6.07) is 13.2. The molecule has 1 aromatic heterocycles. The van der Waals surface area contributed by atoms with Crippen LogP contribution in [-0.2, 0) is 4.79 Å². The fraction of sp³-hybridized carbons (Fsp3) is 0.435. The second kappa shape index (κ2) is 8.91. The van der Waals surface area contributed by atoms with Crippen LogP contribution in [0.5, 0.6) is 0 Å². The van der Waals surface area contributed by atoms with Gasteiger partial charge in [-0.3, -0.25) is 14.4 Å². The molecule has 2 aliphatic rings. The molecule has 0 unspecified atom stereocenters. The highest BCUT2D eigenvalue weighted by Crippen LogP contribution is 2.26. The summed E-state index contributed by atoms with van der Waals surface area (Å²) in [4.78, 5) is 42.6. The Hall–Kier alpha value is -2.47. The third-order valence-corrected chi connectivity index (χ3v) is 6.96. The summed E-state index contributed by atoms with van der Waals surface area (Å²) in [5.74, 6) is 0.457. The minimum Gasteiger partial charge on any atom is -0.342 e. The normalized spacial score (nSPS) is 18.6. The molecule has 2 aromatic rings. The van der Waals surface area contributed by atoms with Crippen molar-refractivity contribution in [2.24, 2.45) is 11.8 Å². The maximum Gasteiger partial charge on any atom is 0.263 e. The van der Waals surface area contributed by atoms with Crippen LogP contribution in [0, 0.1) is 11.8 Å². The Kier molecular flexibility index (Phi) is 6.09. The lowest BCUT2D eigenvalue weighted by Gasteiger charge is -2.37. The Labute approximate surface area is 175 Å². The van der Waals surface area contributed by atoms with Crippen LogP contribution in [0.4, 0.5) is 0 Å². The molecule has 0 saturated carbocycles. The van der Waals surface area contributed by atoms with E-state index in [1.807, 2.05) is 57.6 Å². The minimum absolute atomic E-state index is 0.00622. The van der Waals surface area contributed by atoms with Gasteiger partial charge in [0.1, 0.15) is 0 Å². The Morgan fingerprint density at radius 2 is 1.38 bits per heavy atom. The fourth-order valence-electron chi connectivity index (χ4n) is 4.34. The van der Waals surface area contributed by atoms with E-state index >= 15 is 0 Å². The van der Waals surface area contributed by atoms with Crippen molar-refractivity contribution in [1.82, 2.24) is 9.80 Å². The van der Waals surface area contributed by atoms with Gasteiger partial charge < -0.3 is 9.80 Å². The molecule has 2 fully saturated rings. The standard InChI is InChI=1S/C23H26N2O3S/c26-21(17-5-2-1-3-6-17)18-8-12-24(13-9-18)22(27)19-10-14-25(15-11-19)23(28)20-7-4-16-29-20/h1-7,16,18-19H,8-15H2. The van der Waals surface area contributed by atoms with Crippen LogP contribution >= 0.6 is 11.3 Å². The van der Waals surface area contributed by atoms with Gasteiger partial charge in [0.25, 0.3) is 5.91 Å². The average molecular weight is 411 g/mol. The van der Waals surface area contributed by atoms with Gasteiger partial charge in [0.2, 0.25) is 5.91 Å². The summed E-state index contributed by atoms with van der Waals surface area (Å²) < 4.78 is 0. The van der Waals surface area contributed by atoms with Crippen LogP contribution in [0.25, 0.3) is 0 Å². The number of benzene rings is 1. The van der Waals surface area contributed by atoms with Crippen LogP contribution in [0.1, 0.15) is 45.7 Å². The second-order valence-corrected chi connectivity index (χ2v) is 8.82. The summed E-state index contributed by atoms with van der Waals surface area (Å²) >= 11 is 1.46. The van der Waals surface area contributed by atoms with Crippen molar-refractivity contribution in [2.45, 2.75) is 25.7 Å². The molecule has 2 saturated heterocycles. The van der Waals surface area contributed by atoms with Crippen molar-refractivity contribution < 1.29 is 14.4 Å². The van der Waals surface area contributed by atoms with Crippen LogP contribution in [-0.4, -0.2) is 53.6 Å². The van der Waals surface area contributed by atoms with Crippen molar-refractivity contribution in [3.8, 4) is 0 Å². The number of hydrogen-bond donors (Lipinski definition) is 0. The molecular formula is C23H26N2O3S. The number of hydrogen-bond acceptors (Lipinski definition) is 4. The van der Waals surface area contributed by atoms with E-state index in [1.54, 1.807) is 0 Å². The van der Waals surface area contributed by atoms with Crippen LogP contribution < -0.4 is 0 Å². The fourth-order valence-corrected chi connectivity index (χ4v) is 5.03. The summed E-state index contributed by atoms with van der Waals surface area (Å²) in [5, 5.41) is 1.91. The quantitative estimate of drug-likeness (QED) is 0.722. The first kappa shape index (κ1) is 19.8. The van der Waals surface area contributed by atoms with Gasteiger partial charge in [-0.05, 0) is 37.1 Å². The summed E-state index contributed by atoms with van der Waals surface area (Å²) in [6.45, 7) is 2.57. The SMILES string of the molecule is O=C(c1ccccc1)C1CCN(C(=O)C2CCN(C(=O)c3cccs3)CC2)CC1. The predicted molar refractivity (Wildman–Crippen MR) is 113 cm³/mol. The zero-order chi connectivity index (χ0) is 20.2. The lowest BCUT2D eigenvalue weighted by atomic mass is 9.87. The van der Waals surface area contributed by atoms with E-state index in [1.165, 1.54) is 11.3 Å². The minimum atomic E-state index is -0.0104. The first-order valence-electron chi connectivity index (χ1n) is 10.3. The molecular weight excluding hydrogens is 384 g/mol. The molecule has 6 heteroatoms. The van der Waals surface area contributed by atoms with Gasteiger partial charge in [0.05, 0.1) is 4.88 Å². The number of amides is 2. The highest BCUT2D eigenvalue weighted by atomic mass is 32.1. The smallest absolute Gasteiger partial charge is 0.263 e. The zero-order valence-electron chi connectivity index (χ0n) is 16.5. The molecule has 29 heavy (non-hydrogen) atoms. The van der Waals surface area contributed by atoms with E-state index in [0.717, 1.165) is 36.1 Å². The van der Waals surface area contributed by atoms with Gasteiger partial charge in [0, 0.05) is 43.6 Å². The monoisotopic (exact) mass is 410 g/mol. The van der Waals surface area contributed by atoms with Crippen molar-refractivity contribution in [3.63, 3.8) is 0 Å². The Balaban J connectivity index is 1.26. The largest absolute Gasteiger partial charge is 0.342 e. The number of carbonyl (C=O) groups is 3. The van der Waals surface area contributed by atoms with Crippen molar-refractivity contribution >= 4 is 28.9 Å². The Morgan fingerprint density at radius 1 is 0.759 bits per heavy atom. The Bertz CT molecular complexity index is 850. The van der Waals surface area contributed by atoms with Crippen LogP contribution in [0.2, 0.25) is 0 Å². The molecule has 0 spiro atoms. The van der Waals surface area contributed by atoms with Gasteiger partial charge in [-0.1, -0.05) is 36.4 Å². The third kappa shape index (κ3) is 4.42. The third-order valence-electron chi connectivity index (χ3n) is 6.10. The molecule has 2 amide bonds. The molecule has 2 aliphatic heterocycles. The van der Waals surface area contributed by atoms with Gasteiger partial charge in [0.15, 0.2) is 5.78 Å². The lowest BCUT2D eigenvalue weighted by Crippen LogP contribution is -2.47. The number of ketones is 1. The molecule has 0 bridgehead atoms. The molecule has 3 heterocycles. The molecule has 0 radical (unpaired) electrons. The van der Waals surface area contributed by atoms with E-state index in [4.69, 9.17) is 0 Å². The first-order valence-corrected chi connectivity index (χ1v) is 11.2. The highest BCUT2D eigenvalue weighted by molar-refractivity contribution is 7.12. The Morgan fingerprint density at radius 3 is 2.00 bits per heavy atom. The predicted octanol–water partition coefficient (Wildman–Crippen LogP) is 3.72. The maximum atomic E-state index is 12.9. The number of thiophene rings is 1. The second-order valence-electron chi connectivity index (χ2n) is 7.87. The van der Waals surface area contributed by atoms with Gasteiger partial charge >= 0.3 is 0 Å². The van der Waals surface area contributed by atoms with Gasteiger partial charge in [-0.25, -0.2) is 0 Å². The highest BCUT2D eigenvalue weighted by Gasteiger charge is 2.33. The first-order chi connectivity index (χ1) is 14.1. The number of Topliss-reactive ketones (excluding diaryl/α,β-unsaturated/α-hetero) is 1. The van der Waals surface area contributed by atoms with Crippen LogP contribution in [0.15, 0.2) is 47.8 Å². The number of likely N-dealkylation sites (tertiary alicyclic amines) is 2. The number of nitrogens with zero attached hydrogens (tertiary/aromatic N) is 2. The van der Waals surface area contributed by atoms with Crippen molar-refractivity contribution in [2.75, 3.05) is 26.2 Å². The molecule has 5 nitrogen and oxygen atoms in total. The lowest BCUT2D eigenvalue weighted by molar-refractivity contribution is -0.138.